The van der Waals surface area contributed by atoms with Gasteiger partial charge < -0.3 is 9.88 Å². The molecule has 0 radical (unpaired) electrons. The van der Waals surface area contributed by atoms with E-state index in [-0.39, 0.29) is 17.7 Å². The number of hydrogen-bond acceptors (Lipinski definition) is 5. The fraction of sp³-hybridized carbons (Fsp3) is 0.429. The summed E-state index contributed by atoms with van der Waals surface area (Å²) in [6.45, 7) is 6.21. The van der Waals surface area contributed by atoms with Gasteiger partial charge in [0.05, 0.1) is 5.75 Å². The molecule has 6 nitrogen and oxygen atoms in total. The van der Waals surface area contributed by atoms with Crippen molar-refractivity contribution >= 4 is 39.4 Å². The molecule has 0 saturated carbocycles. The first kappa shape index (κ1) is 17.0. The zero-order valence-electron chi connectivity index (χ0n) is 12.7. The van der Waals surface area contributed by atoms with E-state index < -0.39 is 0 Å². The summed E-state index contributed by atoms with van der Waals surface area (Å²) < 4.78 is 2.94. The molecule has 0 aromatic carbocycles. The SMILES string of the molecule is CCc1nnc(SCC(=O)Nc2ccc(Br)cn2)n1C(C)C. The molecule has 22 heavy (non-hydrogen) atoms. The van der Waals surface area contributed by atoms with Crippen LogP contribution >= 0.6 is 27.7 Å². The van der Waals surface area contributed by atoms with Crippen LogP contribution in [0.15, 0.2) is 28.0 Å². The van der Waals surface area contributed by atoms with E-state index in [0.29, 0.717) is 5.82 Å². The second kappa shape index (κ2) is 7.73. The van der Waals surface area contributed by atoms with Crippen molar-refractivity contribution in [2.45, 2.75) is 38.4 Å². The van der Waals surface area contributed by atoms with Gasteiger partial charge in [-0.05, 0) is 41.9 Å². The minimum absolute atomic E-state index is 0.115. The number of pyridine rings is 1. The lowest BCUT2D eigenvalue weighted by Crippen LogP contribution is -2.16. The molecule has 0 aliphatic rings. The third-order valence-electron chi connectivity index (χ3n) is 2.90. The number of rotatable bonds is 6. The molecule has 2 aromatic rings. The molecule has 2 aromatic heterocycles. The average Bonchev–Trinajstić information content (AvgIpc) is 2.91. The van der Waals surface area contributed by atoms with E-state index in [1.807, 2.05) is 13.0 Å². The number of halogens is 1. The Morgan fingerprint density at radius 2 is 2.18 bits per heavy atom. The molecule has 0 fully saturated rings. The first-order valence-corrected chi connectivity index (χ1v) is 8.77. The third-order valence-corrected chi connectivity index (χ3v) is 4.31. The van der Waals surface area contributed by atoms with E-state index in [9.17, 15) is 4.79 Å². The lowest BCUT2D eigenvalue weighted by molar-refractivity contribution is -0.113. The molecule has 0 atom stereocenters. The van der Waals surface area contributed by atoms with Crippen molar-refractivity contribution in [3.63, 3.8) is 0 Å². The van der Waals surface area contributed by atoms with Crippen LogP contribution in [0.5, 0.6) is 0 Å². The van der Waals surface area contributed by atoms with Crippen molar-refractivity contribution in [3.8, 4) is 0 Å². The van der Waals surface area contributed by atoms with Crippen LogP contribution in [0.3, 0.4) is 0 Å². The van der Waals surface area contributed by atoms with Crippen molar-refractivity contribution in [2.75, 3.05) is 11.1 Å². The van der Waals surface area contributed by atoms with Gasteiger partial charge in [-0.2, -0.15) is 0 Å². The Morgan fingerprint density at radius 1 is 1.41 bits per heavy atom. The number of nitrogens with zero attached hydrogens (tertiary/aromatic N) is 4. The Kier molecular flexibility index (Phi) is 5.96. The topological polar surface area (TPSA) is 72.7 Å². The molecule has 2 heterocycles. The average molecular weight is 384 g/mol. The highest BCUT2D eigenvalue weighted by molar-refractivity contribution is 9.10. The van der Waals surface area contributed by atoms with Gasteiger partial charge >= 0.3 is 0 Å². The number of aryl methyl sites for hydroxylation is 1. The summed E-state index contributed by atoms with van der Waals surface area (Å²) >= 11 is 4.69. The quantitative estimate of drug-likeness (QED) is 0.774. The first-order chi connectivity index (χ1) is 10.5. The molecule has 0 saturated heterocycles. The van der Waals surface area contributed by atoms with E-state index >= 15 is 0 Å². The number of thioether (sulfide) groups is 1. The largest absolute Gasteiger partial charge is 0.310 e. The molecule has 0 unspecified atom stereocenters. The minimum atomic E-state index is -0.115. The first-order valence-electron chi connectivity index (χ1n) is 6.99. The van der Waals surface area contributed by atoms with E-state index in [1.165, 1.54) is 11.8 Å². The molecule has 2 rings (SSSR count). The summed E-state index contributed by atoms with van der Waals surface area (Å²) in [4.78, 5) is 16.1. The summed E-state index contributed by atoms with van der Waals surface area (Å²) in [5.41, 5.74) is 0. The molecular formula is C14H18BrN5OS. The normalized spacial score (nSPS) is 11.0. The third kappa shape index (κ3) is 4.30. The second-order valence-electron chi connectivity index (χ2n) is 4.91. The number of anilines is 1. The van der Waals surface area contributed by atoms with Gasteiger partial charge in [0.1, 0.15) is 11.6 Å². The second-order valence-corrected chi connectivity index (χ2v) is 6.77. The van der Waals surface area contributed by atoms with Gasteiger partial charge in [0.2, 0.25) is 5.91 Å². The Balaban J connectivity index is 1.96. The van der Waals surface area contributed by atoms with Crippen LogP contribution in [0.1, 0.15) is 32.6 Å². The van der Waals surface area contributed by atoms with Crippen molar-refractivity contribution in [3.05, 3.63) is 28.6 Å². The number of carbonyl (C=O) groups excluding carboxylic acids is 1. The predicted molar refractivity (Wildman–Crippen MR) is 91.1 cm³/mol. The molecule has 0 bridgehead atoms. The summed E-state index contributed by atoms with van der Waals surface area (Å²) in [5.74, 6) is 1.63. The zero-order chi connectivity index (χ0) is 16.1. The van der Waals surface area contributed by atoms with Crippen molar-refractivity contribution in [1.82, 2.24) is 19.7 Å². The van der Waals surface area contributed by atoms with E-state index in [4.69, 9.17) is 0 Å². The van der Waals surface area contributed by atoms with Crippen LogP contribution in [0.2, 0.25) is 0 Å². The number of amides is 1. The van der Waals surface area contributed by atoms with Crippen molar-refractivity contribution in [1.29, 1.82) is 0 Å². The smallest absolute Gasteiger partial charge is 0.236 e. The number of aromatic nitrogens is 4. The van der Waals surface area contributed by atoms with E-state index in [2.05, 4.69) is 54.8 Å². The summed E-state index contributed by atoms with van der Waals surface area (Å²) in [5, 5.41) is 11.9. The highest BCUT2D eigenvalue weighted by Gasteiger charge is 2.15. The Hall–Kier alpha value is -1.41. The minimum Gasteiger partial charge on any atom is -0.310 e. The van der Waals surface area contributed by atoms with Crippen LogP contribution in [0.4, 0.5) is 5.82 Å². The Bertz CT molecular complexity index is 641. The summed E-state index contributed by atoms with van der Waals surface area (Å²) in [7, 11) is 0. The van der Waals surface area contributed by atoms with Gasteiger partial charge in [-0.1, -0.05) is 18.7 Å². The van der Waals surface area contributed by atoms with E-state index in [0.717, 1.165) is 21.9 Å². The fourth-order valence-electron chi connectivity index (χ4n) is 1.92. The van der Waals surface area contributed by atoms with Crippen molar-refractivity contribution in [2.24, 2.45) is 0 Å². The lowest BCUT2D eigenvalue weighted by Gasteiger charge is -2.12. The highest BCUT2D eigenvalue weighted by atomic mass is 79.9. The molecule has 0 spiro atoms. The summed E-state index contributed by atoms with van der Waals surface area (Å²) in [6, 6.07) is 3.85. The van der Waals surface area contributed by atoms with Crippen LogP contribution < -0.4 is 5.32 Å². The molecule has 1 N–H and O–H groups in total. The number of hydrogen-bond donors (Lipinski definition) is 1. The number of nitrogens with one attached hydrogen (secondary N) is 1. The standard InChI is InChI=1S/C14H18BrN5OS/c1-4-12-18-19-14(20(12)9(2)3)22-8-13(21)17-11-6-5-10(15)7-16-11/h5-7,9H,4,8H2,1-3H3,(H,16,17,21). The lowest BCUT2D eigenvalue weighted by atomic mass is 10.3. The molecule has 0 aliphatic carbocycles. The fourth-order valence-corrected chi connectivity index (χ4v) is 3.05. The van der Waals surface area contributed by atoms with Gasteiger partial charge in [0.25, 0.3) is 0 Å². The number of carbonyl (C=O) groups is 1. The van der Waals surface area contributed by atoms with Gasteiger partial charge in [-0.25, -0.2) is 4.98 Å². The zero-order valence-corrected chi connectivity index (χ0v) is 15.1. The van der Waals surface area contributed by atoms with Gasteiger partial charge in [-0.3, -0.25) is 4.79 Å². The van der Waals surface area contributed by atoms with Crippen LogP contribution in [0, 0.1) is 0 Å². The maximum absolute atomic E-state index is 12.0. The van der Waals surface area contributed by atoms with Crippen molar-refractivity contribution < 1.29 is 4.79 Å². The van der Waals surface area contributed by atoms with Crippen LogP contribution in [-0.2, 0) is 11.2 Å². The van der Waals surface area contributed by atoms with Gasteiger partial charge in [0, 0.05) is 23.1 Å². The van der Waals surface area contributed by atoms with Crippen LogP contribution in [0.25, 0.3) is 0 Å². The molecular weight excluding hydrogens is 366 g/mol. The maximum Gasteiger partial charge on any atom is 0.236 e. The Labute approximate surface area is 142 Å². The molecule has 118 valence electrons. The maximum atomic E-state index is 12.0. The van der Waals surface area contributed by atoms with Gasteiger partial charge in [0.15, 0.2) is 5.16 Å². The monoisotopic (exact) mass is 383 g/mol. The van der Waals surface area contributed by atoms with E-state index in [1.54, 1.807) is 12.3 Å². The highest BCUT2D eigenvalue weighted by Crippen LogP contribution is 2.22. The summed E-state index contributed by atoms with van der Waals surface area (Å²) in [6.07, 6.45) is 2.46. The molecule has 0 aliphatic heterocycles. The predicted octanol–water partition coefficient (Wildman–Crippen LogP) is 3.31. The molecule has 8 heteroatoms. The van der Waals surface area contributed by atoms with Gasteiger partial charge in [-0.15, -0.1) is 10.2 Å². The molecule has 1 amide bonds. The Morgan fingerprint density at radius 3 is 2.77 bits per heavy atom. The van der Waals surface area contributed by atoms with Crippen LogP contribution in [-0.4, -0.2) is 31.4 Å².